The van der Waals surface area contributed by atoms with E-state index in [0.717, 1.165) is 95.5 Å². The number of hydrogen-bond donors (Lipinski definition) is 4. The van der Waals surface area contributed by atoms with Crippen LogP contribution in [0.2, 0.25) is 0 Å². The lowest BCUT2D eigenvalue weighted by molar-refractivity contribution is -0.140. The van der Waals surface area contributed by atoms with Gasteiger partial charge in [0.25, 0.3) is 5.91 Å². The first kappa shape index (κ1) is 59.9. The number of sulfone groups is 1. The van der Waals surface area contributed by atoms with E-state index in [2.05, 4.69) is 43.0 Å². The molecule has 436 valence electrons. The maximum Gasteiger partial charge on any atom is 0.406 e. The van der Waals surface area contributed by atoms with Crippen molar-refractivity contribution in [2.45, 2.75) is 152 Å². The molecule has 21 heteroatoms. The molecule has 0 unspecified atom stereocenters. The number of piperidine rings is 1. The number of halogens is 3. The molecule has 81 heavy (non-hydrogen) atoms. The highest BCUT2D eigenvalue weighted by Gasteiger charge is 2.41. The molecule has 3 aliphatic rings. The summed E-state index contributed by atoms with van der Waals surface area (Å²) in [7, 11) is 1.30. The lowest BCUT2D eigenvalue weighted by atomic mass is 10.0. The summed E-state index contributed by atoms with van der Waals surface area (Å²) in [6, 6.07) is 16.6. The molecule has 1 aliphatic carbocycles. The number of unbranched alkanes of at least 4 members (excludes halogenated alkanes) is 8. The molecular formula is C60H77F3N10O7S. The molecule has 4 N–H and O–H groups in total. The smallest absolute Gasteiger partial charge is 0.406 e. The van der Waals surface area contributed by atoms with Gasteiger partial charge in [-0.2, -0.15) is 18.2 Å². The Morgan fingerprint density at radius 1 is 0.840 bits per heavy atom. The van der Waals surface area contributed by atoms with E-state index < -0.39 is 22.6 Å². The number of carbonyl (C=O) groups is 3. The first-order valence-electron chi connectivity index (χ1n) is 28.5. The highest BCUT2D eigenvalue weighted by Crippen LogP contribution is 2.41. The van der Waals surface area contributed by atoms with Crippen LogP contribution in [0.1, 0.15) is 132 Å². The number of amides is 3. The molecule has 3 aromatic carbocycles. The molecule has 2 aliphatic heterocycles. The van der Waals surface area contributed by atoms with Gasteiger partial charge in [-0.15, -0.1) is 0 Å². The van der Waals surface area contributed by atoms with Gasteiger partial charge in [0.15, 0.2) is 15.7 Å². The van der Waals surface area contributed by atoms with Gasteiger partial charge < -0.3 is 50.0 Å². The van der Waals surface area contributed by atoms with E-state index >= 15 is 0 Å². The van der Waals surface area contributed by atoms with Crippen molar-refractivity contribution in [1.29, 1.82) is 0 Å². The fourth-order valence-corrected chi connectivity index (χ4v) is 11.9. The second-order valence-electron chi connectivity index (χ2n) is 21.4. The number of carbonyl (C=O) groups excluding carboxylic acids is 3. The van der Waals surface area contributed by atoms with Gasteiger partial charge in [0.1, 0.15) is 29.8 Å². The number of alkyl halides is 3. The molecule has 17 nitrogen and oxygen atoms in total. The van der Waals surface area contributed by atoms with Gasteiger partial charge in [-0.1, -0.05) is 76.7 Å². The quantitative estimate of drug-likeness (QED) is 0.0319. The molecule has 1 saturated carbocycles. The number of rotatable bonds is 25. The zero-order valence-corrected chi connectivity index (χ0v) is 48.0. The number of aromatic nitrogens is 3. The summed E-state index contributed by atoms with van der Waals surface area (Å²) >= 11 is 0. The van der Waals surface area contributed by atoms with E-state index in [4.69, 9.17) is 14.5 Å². The van der Waals surface area contributed by atoms with Gasteiger partial charge in [0.2, 0.25) is 17.8 Å². The summed E-state index contributed by atoms with van der Waals surface area (Å²) in [6.45, 7) is 2.68. The Morgan fingerprint density at radius 2 is 1.52 bits per heavy atom. The van der Waals surface area contributed by atoms with Crippen LogP contribution in [0.4, 0.5) is 47.7 Å². The molecule has 4 heterocycles. The highest BCUT2D eigenvalue weighted by molar-refractivity contribution is 7.90. The highest BCUT2D eigenvalue weighted by atomic mass is 32.2. The first-order chi connectivity index (χ1) is 39.0. The van der Waals surface area contributed by atoms with Crippen molar-refractivity contribution in [3.63, 3.8) is 0 Å². The maximum atomic E-state index is 13.9. The summed E-state index contributed by atoms with van der Waals surface area (Å²) in [5.74, 6) is 7.78. The number of hydrogen-bond acceptors (Lipinski definition) is 13. The zero-order valence-electron chi connectivity index (χ0n) is 47.2. The molecule has 3 amide bonds. The molecule has 5 aromatic rings. The van der Waals surface area contributed by atoms with Gasteiger partial charge in [0, 0.05) is 74.1 Å². The molecule has 0 radical (unpaired) electrons. The maximum absolute atomic E-state index is 13.9. The van der Waals surface area contributed by atoms with Crippen LogP contribution in [0.3, 0.4) is 0 Å². The Balaban J connectivity index is 0.700. The first-order valence-corrected chi connectivity index (χ1v) is 30.4. The van der Waals surface area contributed by atoms with Crippen molar-refractivity contribution in [3.8, 4) is 23.3 Å². The summed E-state index contributed by atoms with van der Waals surface area (Å²) in [4.78, 5) is 55.0. The second kappa shape index (κ2) is 27.5. The number of fused-ring (bicyclic) bond motifs is 2. The predicted octanol–water partition coefficient (Wildman–Crippen LogP) is 10.9. The van der Waals surface area contributed by atoms with Crippen LogP contribution in [0.15, 0.2) is 71.8 Å². The molecule has 1 atom stereocenters. The summed E-state index contributed by atoms with van der Waals surface area (Å²) < 4.78 is 77.8. The predicted molar refractivity (Wildman–Crippen MR) is 312 cm³/mol. The van der Waals surface area contributed by atoms with E-state index in [1.807, 2.05) is 17.9 Å². The number of nitrogens with one attached hydrogen (secondary N) is 4. The Kier molecular flexibility index (Phi) is 20.3. The van der Waals surface area contributed by atoms with Gasteiger partial charge >= 0.3 is 6.18 Å². The van der Waals surface area contributed by atoms with E-state index in [9.17, 15) is 36.0 Å². The van der Waals surface area contributed by atoms with Crippen molar-refractivity contribution in [1.82, 2.24) is 24.8 Å². The molecule has 2 aromatic heterocycles. The van der Waals surface area contributed by atoms with Crippen molar-refractivity contribution >= 4 is 73.0 Å². The topological polar surface area (TPSA) is 192 Å². The number of anilines is 6. The van der Waals surface area contributed by atoms with Crippen molar-refractivity contribution in [2.75, 3.05) is 79.5 Å². The van der Waals surface area contributed by atoms with Crippen molar-refractivity contribution in [3.05, 3.63) is 78.1 Å². The number of nitrogens with zero attached hydrogens (tertiary/aromatic N) is 6. The van der Waals surface area contributed by atoms with Gasteiger partial charge in [-0.05, 0) is 99.4 Å². The molecule has 8 rings (SSSR count). The molecule has 1 saturated heterocycles. The fraction of sp³-hybridized carbons (Fsp3) is 0.517. The van der Waals surface area contributed by atoms with E-state index in [0.29, 0.717) is 102 Å². The number of benzene rings is 3. The van der Waals surface area contributed by atoms with Crippen LogP contribution < -0.4 is 40.5 Å². The summed E-state index contributed by atoms with van der Waals surface area (Å²) in [6.07, 6.45) is 14.5. The average Bonchev–Trinajstić information content (AvgIpc) is 4.27. The average molecular weight is 1140 g/mol. The molecule has 2 fully saturated rings. The standard InChI is InChI=1S/C60H77F3N10O7S/c1-6-50-58(76)70(2)52-39-66-59(69-56(52)73(50)43-20-15-16-21-43)68-49-28-26-41(36-53(49)79-3)57(75)65-32-17-13-11-9-7-8-10-12-14-25-55(74)71-34-30-42(31-35-71)67-47-23-18-24-51-46(47)37-44(72(51)40-60(61,62)63)22-19-33-64-48-29-27-45(81(5,77)78)38-54(48)80-4/h18,23-24,26-29,36-39,42-43,50,64,67H,6-17,20-21,25,30-35,40H2,1-5H3,(H,65,75)(H,66,68,69)/t50-/m1/s1. The minimum Gasteiger partial charge on any atom is -0.495 e. The van der Waals surface area contributed by atoms with Gasteiger partial charge in [0.05, 0.1) is 54.4 Å². The Hall–Kier alpha value is -7.21. The summed E-state index contributed by atoms with van der Waals surface area (Å²) in [5.41, 5.74) is 3.61. The third-order valence-corrected chi connectivity index (χ3v) is 16.8. The van der Waals surface area contributed by atoms with Crippen molar-refractivity contribution < 1.29 is 45.4 Å². The number of ether oxygens (including phenoxy) is 2. The van der Waals surface area contributed by atoms with Crippen LogP contribution in [-0.2, 0) is 26.0 Å². The van der Waals surface area contributed by atoms with E-state index in [-0.39, 0.29) is 53.0 Å². The van der Waals surface area contributed by atoms with Gasteiger partial charge in [-0.3, -0.25) is 14.4 Å². The third-order valence-electron chi connectivity index (χ3n) is 15.7. The Morgan fingerprint density at radius 3 is 2.20 bits per heavy atom. The minimum atomic E-state index is -4.49. The monoisotopic (exact) mass is 1140 g/mol. The zero-order chi connectivity index (χ0) is 57.7. The van der Waals surface area contributed by atoms with E-state index in [1.54, 1.807) is 67.7 Å². The summed E-state index contributed by atoms with van der Waals surface area (Å²) in [5, 5.41) is 13.6. The van der Waals surface area contributed by atoms with Gasteiger partial charge in [-0.25, -0.2) is 13.4 Å². The molecular weight excluding hydrogens is 1060 g/mol. The molecule has 0 spiro atoms. The van der Waals surface area contributed by atoms with Crippen LogP contribution in [-0.4, -0.2) is 124 Å². The normalized spacial score (nSPS) is 16.0. The second-order valence-corrected chi connectivity index (χ2v) is 23.4. The molecule has 0 bridgehead atoms. The largest absolute Gasteiger partial charge is 0.495 e. The third kappa shape index (κ3) is 15.4. The van der Waals surface area contributed by atoms with Crippen molar-refractivity contribution in [2.24, 2.45) is 0 Å². The number of likely N-dealkylation sites (tertiary alicyclic amines) is 1. The number of likely N-dealkylation sites (N-methyl/N-ethyl adjacent to an activating group) is 1. The minimum absolute atomic E-state index is 0.0362. The fourth-order valence-electron chi connectivity index (χ4n) is 11.3. The van der Waals surface area contributed by atoms with Crippen LogP contribution in [0, 0.1) is 11.8 Å². The Bertz CT molecular complexity index is 3180. The lowest BCUT2D eigenvalue weighted by Gasteiger charge is -2.43. The SMILES string of the molecule is CC[C@@H]1C(=O)N(C)c2cnc(Nc3ccc(C(=O)NCCCCCCCCCCCC(=O)N4CCC(Nc5cccc6c5cc(C#CCNc5ccc(S(C)(=O)=O)cc5OC)n6CC(F)(F)F)CC4)cc3OC)nc2N1C1CCCC1. The number of methoxy groups -OCH3 is 2. The van der Waals surface area contributed by atoms with Crippen LogP contribution in [0.25, 0.3) is 10.9 Å². The lowest BCUT2D eigenvalue weighted by Crippen LogP contribution is -2.55. The van der Waals surface area contributed by atoms with E-state index in [1.165, 1.54) is 23.8 Å². The Labute approximate surface area is 474 Å². The van der Waals surface area contributed by atoms with Crippen LogP contribution in [0.5, 0.6) is 11.5 Å². The van der Waals surface area contributed by atoms with Crippen LogP contribution >= 0.6 is 0 Å².